The van der Waals surface area contributed by atoms with Crippen LogP contribution in [0.1, 0.15) is 38.5 Å². The summed E-state index contributed by atoms with van der Waals surface area (Å²) in [6.07, 6.45) is -1.93. The van der Waals surface area contributed by atoms with Crippen LogP contribution in [0.2, 0.25) is 0 Å². The Morgan fingerprint density at radius 1 is 1.15 bits per heavy atom. The van der Waals surface area contributed by atoms with Gasteiger partial charge in [-0.05, 0) is 12.8 Å². The van der Waals surface area contributed by atoms with Crippen LogP contribution in [0.15, 0.2) is 0 Å². The fraction of sp³-hybridized carbons (Fsp3) is 0.833. The van der Waals surface area contributed by atoms with Gasteiger partial charge < -0.3 is 15.7 Å². The van der Waals surface area contributed by atoms with Crippen LogP contribution < -0.4 is 10.6 Å². The van der Waals surface area contributed by atoms with Gasteiger partial charge in [0.2, 0.25) is 0 Å². The summed E-state index contributed by atoms with van der Waals surface area (Å²) < 4.78 is 35.8. The molecule has 0 aliphatic heterocycles. The van der Waals surface area contributed by atoms with Crippen molar-refractivity contribution in [2.24, 2.45) is 5.92 Å². The lowest BCUT2D eigenvalue weighted by Gasteiger charge is -2.23. The Morgan fingerprint density at radius 3 is 2.40 bits per heavy atom. The summed E-state index contributed by atoms with van der Waals surface area (Å²) in [5, 5.41) is 13.7. The van der Waals surface area contributed by atoms with E-state index < -0.39 is 43.1 Å². The van der Waals surface area contributed by atoms with Crippen molar-refractivity contribution >= 4 is 12.0 Å². The highest BCUT2D eigenvalue weighted by atomic mass is 19.4. The second kappa shape index (κ2) is 7.35. The van der Waals surface area contributed by atoms with Crippen molar-refractivity contribution in [2.75, 3.05) is 6.54 Å². The maximum atomic E-state index is 11.9. The number of hydrogen-bond donors (Lipinski definition) is 3. The van der Waals surface area contributed by atoms with Gasteiger partial charge in [0, 0.05) is 12.6 Å². The molecule has 5 nitrogen and oxygen atoms in total. The largest absolute Gasteiger partial charge is 0.481 e. The molecule has 0 bridgehead atoms. The van der Waals surface area contributed by atoms with Crippen LogP contribution in [0.3, 0.4) is 0 Å². The zero-order valence-electron chi connectivity index (χ0n) is 11.0. The predicted octanol–water partition coefficient (Wildman–Crippen LogP) is 2.27. The third-order valence-electron chi connectivity index (χ3n) is 3.34. The van der Waals surface area contributed by atoms with Gasteiger partial charge in [0.1, 0.15) is 0 Å². The van der Waals surface area contributed by atoms with Gasteiger partial charge in [0.25, 0.3) is 0 Å². The molecule has 1 saturated carbocycles. The molecular formula is C12H19F3N2O3. The number of alkyl halides is 3. The number of aliphatic carboxylic acids is 1. The van der Waals surface area contributed by atoms with E-state index in [2.05, 4.69) is 10.6 Å². The molecular weight excluding hydrogens is 277 g/mol. The first-order valence-corrected chi connectivity index (χ1v) is 6.63. The molecule has 116 valence electrons. The summed E-state index contributed by atoms with van der Waals surface area (Å²) in [7, 11) is 0. The van der Waals surface area contributed by atoms with E-state index in [1.54, 1.807) is 0 Å². The number of hydrogen-bond acceptors (Lipinski definition) is 2. The molecule has 20 heavy (non-hydrogen) atoms. The van der Waals surface area contributed by atoms with Crippen LogP contribution in [-0.4, -0.2) is 35.9 Å². The number of urea groups is 1. The van der Waals surface area contributed by atoms with Gasteiger partial charge in [-0.1, -0.05) is 19.3 Å². The van der Waals surface area contributed by atoms with Crippen LogP contribution in [0, 0.1) is 5.92 Å². The molecule has 2 unspecified atom stereocenters. The minimum atomic E-state index is -4.32. The van der Waals surface area contributed by atoms with Crippen molar-refractivity contribution < 1.29 is 27.9 Å². The van der Waals surface area contributed by atoms with E-state index in [9.17, 15) is 22.8 Å². The van der Waals surface area contributed by atoms with Gasteiger partial charge in [-0.15, -0.1) is 0 Å². The molecule has 0 aromatic heterocycles. The number of halogens is 3. The van der Waals surface area contributed by atoms with Crippen LogP contribution in [-0.2, 0) is 4.79 Å². The van der Waals surface area contributed by atoms with Gasteiger partial charge in [0.05, 0.1) is 12.3 Å². The fourth-order valence-corrected chi connectivity index (χ4v) is 2.31. The Labute approximate surface area is 114 Å². The third-order valence-corrected chi connectivity index (χ3v) is 3.34. The smallest absolute Gasteiger partial charge is 0.390 e. The van der Waals surface area contributed by atoms with Crippen LogP contribution in [0.4, 0.5) is 18.0 Å². The van der Waals surface area contributed by atoms with Gasteiger partial charge >= 0.3 is 18.2 Å². The Balaban J connectivity index is 2.43. The highest BCUT2D eigenvalue weighted by Crippen LogP contribution is 2.23. The number of carbonyl (C=O) groups excluding carboxylic acids is 1. The van der Waals surface area contributed by atoms with Crippen LogP contribution in [0.5, 0.6) is 0 Å². The second-order valence-electron chi connectivity index (χ2n) is 4.95. The van der Waals surface area contributed by atoms with Crippen LogP contribution >= 0.6 is 0 Å². The van der Waals surface area contributed by atoms with Gasteiger partial charge in [-0.3, -0.25) is 4.79 Å². The standard InChI is InChI=1S/C12H19F3N2O3/c13-12(14,15)6-7-16-11(20)17-9-5-3-1-2-4-8(9)10(18)19/h8-9H,1-7H2,(H,18,19)(H2,16,17,20). The van der Waals surface area contributed by atoms with E-state index in [1.807, 2.05) is 0 Å². The molecule has 0 aromatic rings. The summed E-state index contributed by atoms with van der Waals surface area (Å²) >= 11 is 0. The summed E-state index contributed by atoms with van der Waals surface area (Å²) in [4.78, 5) is 22.6. The zero-order chi connectivity index (χ0) is 15.2. The van der Waals surface area contributed by atoms with Crippen molar-refractivity contribution in [1.82, 2.24) is 10.6 Å². The molecule has 0 aromatic carbocycles. The lowest BCUT2D eigenvalue weighted by atomic mass is 9.95. The van der Waals surface area contributed by atoms with Gasteiger partial charge in [-0.2, -0.15) is 13.2 Å². The molecule has 1 fully saturated rings. The minimum Gasteiger partial charge on any atom is -0.481 e. The number of nitrogens with one attached hydrogen (secondary N) is 2. The van der Waals surface area contributed by atoms with Crippen molar-refractivity contribution in [3.05, 3.63) is 0 Å². The highest BCUT2D eigenvalue weighted by molar-refractivity contribution is 5.76. The van der Waals surface area contributed by atoms with Crippen LogP contribution in [0.25, 0.3) is 0 Å². The predicted molar refractivity (Wildman–Crippen MR) is 65.2 cm³/mol. The number of carbonyl (C=O) groups is 2. The molecule has 1 rings (SSSR count). The topological polar surface area (TPSA) is 78.4 Å². The molecule has 0 spiro atoms. The molecule has 8 heteroatoms. The molecule has 1 aliphatic carbocycles. The van der Waals surface area contributed by atoms with Gasteiger partial charge in [-0.25, -0.2) is 4.79 Å². The Bertz CT molecular complexity index is 347. The summed E-state index contributed by atoms with van der Waals surface area (Å²) in [5.74, 6) is -1.65. The molecule has 0 heterocycles. The van der Waals surface area contributed by atoms with Gasteiger partial charge in [0.15, 0.2) is 0 Å². The average Bonchev–Trinajstić information content (AvgIpc) is 2.52. The first-order valence-electron chi connectivity index (χ1n) is 6.63. The quantitative estimate of drug-likeness (QED) is 0.696. The lowest BCUT2D eigenvalue weighted by molar-refractivity contribution is -0.142. The summed E-state index contributed by atoms with van der Waals surface area (Å²) in [5.41, 5.74) is 0. The normalized spacial score (nSPS) is 23.8. The van der Waals surface area contributed by atoms with E-state index in [0.29, 0.717) is 12.8 Å². The number of rotatable bonds is 4. The number of carboxylic acid groups (broad SMARTS) is 1. The average molecular weight is 296 g/mol. The fourth-order valence-electron chi connectivity index (χ4n) is 2.31. The SMILES string of the molecule is O=C(NCCC(F)(F)F)NC1CCCCCC1C(=O)O. The first kappa shape index (κ1) is 16.6. The van der Waals surface area contributed by atoms with E-state index in [0.717, 1.165) is 19.3 Å². The van der Waals surface area contributed by atoms with Crippen molar-refractivity contribution in [3.63, 3.8) is 0 Å². The second-order valence-corrected chi connectivity index (χ2v) is 4.95. The maximum absolute atomic E-state index is 11.9. The maximum Gasteiger partial charge on any atom is 0.390 e. The minimum absolute atomic E-state index is 0.475. The Kier molecular flexibility index (Phi) is 6.09. The summed E-state index contributed by atoms with van der Waals surface area (Å²) in [6.45, 7) is -0.514. The van der Waals surface area contributed by atoms with Crippen molar-refractivity contribution in [3.8, 4) is 0 Å². The first-order chi connectivity index (χ1) is 9.29. The van der Waals surface area contributed by atoms with E-state index in [1.165, 1.54) is 0 Å². The van der Waals surface area contributed by atoms with Crippen molar-refractivity contribution in [2.45, 2.75) is 50.7 Å². The molecule has 0 radical (unpaired) electrons. The molecule has 2 atom stereocenters. The molecule has 2 amide bonds. The van der Waals surface area contributed by atoms with Crippen molar-refractivity contribution in [1.29, 1.82) is 0 Å². The molecule has 0 saturated heterocycles. The zero-order valence-corrected chi connectivity index (χ0v) is 11.0. The van der Waals surface area contributed by atoms with E-state index in [-0.39, 0.29) is 0 Å². The Hall–Kier alpha value is -1.47. The van der Waals surface area contributed by atoms with E-state index in [4.69, 9.17) is 5.11 Å². The molecule has 1 aliphatic rings. The molecule has 3 N–H and O–H groups in total. The monoisotopic (exact) mass is 296 g/mol. The number of amides is 2. The lowest BCUT2D eigenvalue weighted by Crippen LogP contribution is -2.47. The highest BCUT2D eigenvalue weighted by Gasteiger charge is 2.31. The number of carboxylic acids is 1. The van der Waals surface area contributed by atoms with E-state index >= 15 is 0 Å². The summed E-state index contributed by atoms with van der Waals surface area (Å²) in [6, 6.07) is -1.27. The Morgan fingerprint density at radius 2 is 1.80 bits per heavy atom. The third kappa shape index (κ3) is 6.12.